The van der Waals surface area contributed by atoms with Crippen molar-refractivity contribution in [2.75, 3.05) is 0 Å². The molecule has 2 N–H and O–H groups in total. The number of hydrogen-bond acceptors (Lipinski definition) is 4. The van der Waals surface area contributed by atoms with Gasteiger partial charge in [-0.05, 0) is 12.0 Å². The van der Waals surface area contributed by atoms with Crippen LogP contribution in [0.15, 0.2) is 36.5 Å². The van der Waals surface area contributed by atoms with Crippen molar-refractivity contribution >= 4 is 17.3 Å². The summed E-state index contributed by atoms with van der Waals surface area (Å²) in [6.07, 6.45) is 2.80. The van der Waals surface area contributed by atoms with Crippen molar-refractivity contribution in [1.82, 2.24) is 10.3 Å². The van der Waals surface area contributed by atoms with Gasteiger partial charge in [-0.3, -0.25) is 10.1 Å². The number of hydrogen-bond donors (Lipinski definition) is 2. The SMILES string of the molecule is CCc1cnc(CN[C@@H](C(=O)O)c2ccccc2)s1. The van der Waals surface area contributed by atoms with E-state index in [-0.39, 0.29) is 0 Å². The van der Waals surface area contributed by atoms with Gasteiger partial charge >= 0.3 is 5.97 Å². The van der Waals surface area contributed by atoms with E-state index in [2.05, 4.69) is 17.2 Å². The third-order valence-corrected chi connectivity index (χ3v) is 3.93. The molecule has 2 rings (SSSR count). The van der Waals surface area contributed by atoms with E-state index in [0.29, 0.717) is 6.54 Å². The first-order chi connectivity index (χ1) is 9.20. The fourth-order valence-corrected chi connectivity index (χ4v) is 2.59. The zero-order chi connectivity index (χ0) is 13.7. The molecule has 0 aliphatic carbocycles. The molecule has 0 saturated heterocycles. The maximum Gasteiger partial charge on any atom is 0.325 e. The summed E-state index contributed by atoms with van der Waals surface area (Å²) >= 11 is 1.62. The van der Waals surface area contributed by atoms with Gasteiger partial charge in [0, 0.05) is 17.6 Å². The molecule has 5 heteroatoms. The lowest BCUT2D eigenvalue weighted by molar-refractivity contribution is -0.139. The highest BCUT2D eigenvalue weighted by Crippen LogP contribution is 2.16. The molecule has 2 aromatic rings. The Hall–Kier alpha value is -1.72. The first-order valence-electron chi connectivity index (χ1n) is 6.15. The maximum absolute atomic E-state index is 11.3. The average molecular weight is 276 g/mol. The molecule has 0 saturated carbocycles. The molecule has 0 radical (unpaired) electrons. The van der Waals surface area contributed by atoms with Gasteiger partial charge in [0.05, 0.1) is 0 Å². The number of aromatic nitrogens is 1. The summed E-state index contributed by atoms with van der Waals surface area (Å²) in [6.45, 7) is 2.55. The van der Waals surface area contributed by atoms with Gasteiger partial charge in [-0.25, -0.2) is 4.98 Å². The second-order valence-corrected chi connectivity index (χ2v) is 5.34. The van der Waals surface area contributed by atoms with E-state index < -0.39 is 12.0 Å². The summed E-state index contributed by atoms with van der Waals surface area (Å²) in [5.41, 5.74) is 0.752. The van der Waals surface area contributed by atoms with E-state index in [1.165, 1.54) is 4.88 Å². The van der Waals surface area contributed by atoms with Crippen molar-refractivity contribution in [3.63, 3.8) is 0 Å². The van der Waals surface area contributed by atoms with E-state index in [9.17, 15) is 9.90 Å². The highest BCUT2D eigenvalue weighted by atomic mass is 32.1. The Morgan fingerprint density at radius 3 is 2.74 bits per heavy atom. The van der Waals surface area contributed by atoms with Crippen molar-refractivity contribution in [1.29, 1.82) is 0 Å². The zero-order valence-corrected chi connectivity index (χ0v) is 11.5. The Morgan fingerprint density at radius 1 is 1.42 bits per heavy atom. The van der Waals surface area contributed by atoms with Crippen LogP contribution in [0.3, 0.4) is 0 Å². The number of rotatable bonds is 6. The first kappa shape index (κ1) is 13.7. The number of benzene rings is 1. The van der Waals surface area contributed by atoms with Gasteiger partial charge in [-0.15, -0.1) is 11.3 Å². The number of aliphatic carboxylic acids is 1. The zero-order valence-electron chi connectivity index (χ0n) is 10.7. The Balaban J connectivity index is 2.04. The molecule has 19 heavy (non-hydrogen) atoms. The molecule has 1 atom stereocenters. The van der Waals surface area contributed by atoms with Crippen molar-refractivity contribution < 1.29 is 9.90 Å². The minimum Gasteiger partial charge on any atom is -0.480 e. The normalized spacial score (nSPS) is 12.3. The number of thiazole rings is 1. The lowest BCUT2D eigenvalue weighted by Gasteiger charge is -2.13. The summed E-state index contributed by atoms with van der Waals surface area (Å²) in [6, 6.07) is 8.47. The third kappa shape index (κ3) is 3.62. The number of carbonyl (C=O) groups is 1. The molecular formula is C14H16N2O2S. The van der Waals surface area contributed by atoms with Gasteiger partial charge in [0.25, 0.3) is 0 Å². The Morgan fingerprint density at radius 2 is 2.16 bits per heavy atom. The standard InChI is InChI=1S/C14H16N2O2S/c1-2-11-8-15-12(19-11)9-16-13(14(17)18)10-6-4-3-5-7-10/h3-8,13,16H,2,9H2,1H3,(H,17,18)/t13-/m1/s1. The van der Waals surface area contributed by atoms with Crippen LogP contribution in [0.1, 0.15) is 28.4 Å². The van der Waals surface area contributed by atoms with Gasteiger partial charge in [-0.1, -0.05) is 37.3 Å². The summed E-state index contributed by atoms with van der Waals surface area (Å²) in [7, 11) is 0. The number of nitrogens with one attached hydrogen (secondary N) is 1. The molecule has 0 unspecified atom stereocenters. The van der Waals surface area contributed by atoms with Crippen LogP contribution >= 0.6 is 11.3 Å². The van der Waals surface area contributed by atoms with Gasteiger partial charge in [0.2, 0.25) is 0 Å². The average Bonchev–Trinajstić information content (AvgIpc) is 2.88. The summed E-state index contributed by atoms with van der Waals surface area (Å²) in [4.78, 5) is 16.8. The number of carboxylic acid groups (broad SMARTS) is 1. The molecular weight excluding hydrogens is 260 g/mol. The van der Waals surface area contributed by atoms with Crippen molar-refractivity contribution in [2.45, 2.75) is 25.9 Å². The lowest BCUT2D eigenvalue weighted by atomic mass is 10.1. The molecule has 1 heterocycles. The third-order valence-electron chi connectivity index (χ3n) is 2.79. The van der Waals surface area contributed by atoms with Crippen molar-refractivity contribution in [3.8, 4) is 0 Å². The lowest BCUT2D eigenvalue weighted by Crippen LogP contribution is -2.27. The molecule has 1 aromatic heterocycles. The summed E-state index contributed by atoms with van der Waals surface area (Å²) < 4.78 is 0. The van der Waals surface area contributed by atoms with Crippen LogP contribution in [-0.4, -0.2) is 16.1 Å². The Kier molecular flexibility index (Phi) is 4.65. The fourth-order valence-electron chi connectivity index (χ4n) is 1.78. The Bertz CT molecular complexity index is 539. The molecule has 1 aromatic carbocycles. The van der Waals surface area contributed by atoms with E-state index in [4.69, 9.17) is 0 Å². The summed E-state index contributed by atoms with van der Waals surface area (Å²) in [5, 5.41) is 13.2. The van der Waals surface area contributed by atoms with Crippen LogP contribution in [0.5, 0.6) is 0 Å². The van der Waals surface area contributed by atoms with Gasteiger partial charge < -0.3 is 5.11 Å². The van der Waals surface area contributed by atoms with E-state index >= 15 is 0 Å². The number of carboxylic acids is 1. The molecule has 4 nitrogen and oxygen atoms in total. The van der Waals surface area contributed by atoms with Crippen LogP contribution in [0.25, 0.3) is 0 Å². The number of nitrogens with zero attached hydrogens (tertiary/aromatic N) is 1. The second-order valence-electron chi connectivity index (χ2n) is 4.14. The minimum absolute atomic E-state index is 0.469. The smallest absolute Gasteiger partial charge is 0.325 e. The van der Waals surface area contributed by atoms with Crippen LogP contribution in [0.2, 0.25) is 0 Å². The summed E-state index contributed by atoms with van der Waals surface area (Å²) in [5.74, 6) is -0.876. The fraction of sp³-hybridized carbons (Fsp3) is 0.286. The van der Waals surface area contributed by atoms with E-state index in [0.717, 1.165) is 17.0 Å². The molecule has 0 amide bonds. The molecule has 0 aliphatic rings. The van der Waals surface area contributed by atoms with E-state index in [1.807, 2.05) is 36.5 Å². The maximum atomic E-state index is 11.3. The molecule has 100 valence electrons. The van der Waals surface area contributed by atoms with Crippen LogP contribution in [0, 0.1) is 0 Å². The van der Waals surface area contributed by atoms with Crippen LogP contribution in [0.4, 0.5) is 0 Å². The quantitative estimate of drug-likeness (QED) is 0.851. The van der Waals surface area contributed by atoms with E-state index in [1.54, 1.807) is 11.3 Å². The van der Waals surface area contributed by atoms with Gasteiger partial charge in [0.1, 0.15) is 11.0 Å². The minimum atomic E-state index is -0.876. The van der Waals surface area contributed by atoms with Crippen molar-refractivity contribution in [2.24, 2.45) is 0 Å². The van der Waals surface area contributed by atoms with Gasteiger partial charge in [0.15, 0.2) is 0 Å². The first-order valence-corrected chi connectivity index (χ1v) is 6.97. The topological polar surface area (TPSA) is 62.2 Å². The predicted molar refractivity (Wildman–Crippen MR) is 75.2 cm³/mol. The highest BCUT2D eigenvalue weighted by Gasteiger charge is 2.19. The van der Waals surface area contributed by atoms with Crippen LogP contribution in [-0.2, 0) is 17.8 Å². The van der Waals surface area contributed by atoms with Gasteiger partial charge in [-0.2, -0.15) is 0 Å². The second kappa shape index (κ2) is 6.45. The molecule has 0 fully saturated rings. The molecule has 0 bridgehead atoms. The molecule has 0 spiro atoms. The monoisotopic (exact) mass is 276 g/mol. The largest absolute Gasteiger partial charge is 0.480 e. The van der Waals surface area contributed by atoms with Crippen molar-refractivity contribution in [3.05, 3.63) is 52.0 Å². The molecule has 0 aliphatic heterocycles. The van der Waals surface area contributed by atoms with Crippen LogP contribution < -0.4 is 5.32 Å². The highest BCUT2D eigenvalue weighted by molar-refractivity contribution is 7.11. The predicted octanol–water partition coefficient (Wildman–Crippen LogP) is 2.62. The Labute approximate surface area is 116 Å². The number of aryl methyl sites for hydroxylation is 1.